The molecule has 0 unspecified atom stereocenters. The average Bonchev–Trinajstić information content (AvgIpc) is 3.59. The van der Waals surface area contributed by atoms with Crippen LogP contribution < -0.4 is 5.32 Å². The minimum atomic E-state index is -0.478. The molecule has 1 aliphatic carbocycles. The number of aromatic nitrogens is 4. The number of hydrogen-bond acceptors (Lipinski definition) is 6. The third-order valence-electron chi connectivity index (χ3n) is 9.06. The molecule has 41 heavy (non-hydrogen) atoms. The van der Waals surface area contributed by atoms with E-state index in [0.717, 1.165) is 24.1 Å². The minimum absolute atomic E-state index is 0.129. The summed E-state index contributed by atoms with van der Waals surface area (Å²) in [6.07, 6.45) is 5.53. The molecule has 3 aliphatic rings. The SMILES string of the molecule is Cc1ccc(CNC(=O)[C@@H]2CN(C(=O)c3cnn(Cc4ccccc4)c3)CC23CN(C(=O)C(C)(C)C2CC2)C3)nn1. The number of amides is 3. The molecule has 3 aromatic rings. The number of nitrogens with zero attached hydrogens (tertiary/aromatic N) is 6. The maximum atomic E-state index is 13.6. The van der Waals surface area contributed by atoms with Crippen LogP contribution >= 0.6 is 0 Å². The first-order chi connectivity index (χ1) is 19.6. The largest absolute Gasteiger partial charge is 0.350 e. The van der Waals surface area contributed by atoms with E-state index in [1.807, 2.05) is 68.1 Å². The Hall–Kier alpha value is -4.08. The molecule has 1 N–H and O–H groups in total. The van der Waals surface area contributed by atoms with Crippen molar-refractivity contribution in [2.75, 3.05) is 26.2 Å². The summed E-state index contributed by atoms with van der Waals surface area (Å²) in [5.41, 5.74) is 2.20. The Bertz CT molecular complexity index is 1440. The topological polar surface area (TPSA) is 113 Å². The Balaban J connectivity index is 1.17. The van der Waals surface area contributed by atoms with Gasteiger partial charge < -0.3 is 15.1 Å². The Morgan fingerprint density at radius 3 is 2.41 bits per heavy atom. The van der Waals surface area contributed by atoms with Gasteiger partial charge in [0, 0.05) is 43.2 Å². The fraction of sp³-hybridized carbons (Fsp3) is 0.484. The molecule has 6 rings (SSSR count). The number of hydrogen-bond donors (Lipinski definition) is 1. The van der Waals surface area contributed by atoms with E-state index in [0.29, 0.717) is 49.9 Å². The summed E-state index contributed by atoms with van der Waals surface area (Å²) in [4.78, 5) is 44.2. The lowest BCUT2D eigenvalue weighted by Crippen LogP contribution is -2.66. The molecule has 0 bridgehead atoms. The predicted octanol–water partition coefficient (Wildman–Crippen LogP) is 2.68. The van der Waals surface area contributed by atoms with Gasteiger partial charge in [-0.3, -0.25) is 19.1 Å². The zero-order valence-electron chi connectivity index (χ0n) is 23.9. The second-order valence-electron chi connectivity index (χ2n) is 12.6. The molecule has 1 spiro atoms. The number of likely N-dealkylation sites (tertiary alicyclic amines) is 2. The Morgan fingerprint density at radius 2 is 1.73 bits per heavy atom. The molecule has 1 atom stereocenters. The van der Waals surface area contributed by atoms with Crippen LogP contribution in [0.25, 0.3) is 0 Å². The summed E-state index contributed by atoms with van der Waals surface area (Å²) in [6.45, 7) is 8.42. The van der Waals surface area contributed by atoms with Crippen LogP contribution in [0.15, 0.2) is 54.9 Å². The molecule has 1 saturated carbocycles. The van der Waals surface area contributed by atoms with Crippen LogP contribution in [-0.2, 0) is 22.7 Å². The fourth-order valence-corrected chi connectivity index (χ4v) is 6.38. The van der Waals surface area contributed by atoms with Gasteiger partial charge in [-0.15, -0.1) is 0 Å². The monoisotopic (exact) mass is 555 g/mol. The van der Waals surface area contributed by atoms with Crippen LogP contribution in [-0.4, -0.2) is 73.7 Å². The van der Waals surface area contributed by atoms with E-state index < -0.39 is 16.7 Å². The first-order valence-corrected chi connectivity index (χ1v) is 14.4. The number of carbonyl (C=O) groups excluding carboxylic acids is 3. The first-order valence-electron chi connectivity index (χ1n) is 14.4. The molecule has 2 aromatic heterocycles. The molecular formula is C31H37N7O3. The summed E-state index contributed by atoms with van der Waals surface area (Å²) >= 11 is 0. The number of rotatable bonds is 8. The highest BCUT2D eigenvalue weighted by Crippen LogP contribution is 2.50. The standard InChI is InChI=1S/C31H37N7O3/c1-21-9-12-25(35-34-21)14-32-27(39)26-17-36(18-31(26)19-37(20-31)29(41)30(2,3)24-10-11-24)28(40)23-13-33-38(16-23)15-22-7-5-4-6-8-22/h4-9,12-13,16,24,26H,10-11,14-15,17-20H2,1-3H3,(H,32,39)/t26-/m0/s1. The maximum Gasteiger partial charge on any atom is 0.257 e. The summed E-state index contributed by atoms with van der Waals surface area (Å²) in [5.74, 6) is -0.137. The summed E-state index contributed by atoms with van der Waals surface area (Å²) in [7, 11) is 0. The first kappa shape index (κ1) is 27.1. The van der Waals surface area contributed by atoms with Gasteiger partial charge in [0.05, 0.1) is 42.2 Å². The zero-order chi connectivity index (χ0) is 28.8. The van der Waals surface area contributed by atoms with Gasteiger partial charge in [-0.25, -0.2) is 0 Å². The molecule has 3 fully saturated rings. The van der Waals surface area contributed by atoms with Crippen molar-refractivity contribution < 1.29 is 14.4 Å². The molecule has 2 aliphatic heterocycles. The molecule has 1 aromatic carbocycles. The van der Waals surface area contributed by atoms with E-state index in [-0.39, 0.29) is 24.3 Å². The van der Waals surface area contributed by atoms with Gasteiger partial charge in [0.25, 0.3) is 5.91 Å². The third-order valence-corrected chi connectivity index (χ3v) is 9.06. The van der Waals surface area contributed by atoms with E-state index in [4.69, 9.17) is 0 Å². The van der Waals surface area contributed by atoms with Crippen molar-refractivity contribution in [2.45, 2.75) is 46.7 Å². The minimum Gasteiger partial charge on any atom is -0.350 e. The molecule has 10 nitrogen and oxygen atoms in total. The van der Waals surface area contributed by atoms with Crippen molar-refractivity contribution >= 4 is 17.7 Å². The maximum absolute atomic E-state index is 13.6. The fourth-order valence-electron chi connectivity index (χ4n) is 6.38. The van der Waals surface area contributed by atoms with E-state index in [1.165, 1.54) is 0 Å². The number of benzene rings is 1. The van der Waals surface area contributed by atoms with Crippen LogP contribution in [0.2, 0.25) is 0 Å². The molecule has 214 valence electrons. The smallest absolute Gasteiger partial charge is 0.257 e. The molecule has 4 heterocycles. The van der Waals surface area contributed by atoms with Crippen LogP contribution in [0.4, 0.5) is 0 Å². The lowest BCUT2D eigenvalue weighted by Gasteiger charge is -2.52. The van der Waals surface area contributed by atoms with Crippen molar-refractivity contribution in [1.82, 2.24) is 35.1 Å². The van der Waals surface area contributed by atoms with Gasteiger partial charge >= 0.3 is 0 Å². The van der Waals surface area contributed by atoms with Crippen LogP contribution in [0.3, 0.4) is 0 Å². The zero-order valence-corrected chi connectivity index (χ0v) is 23.9. The summed E-state index contributed by atoms with van der Waals surface area (Å²) < 4.78 is 1.75. The Kier molecular flexibility index (Phi) is 6.87. The lowest BCUT2D eigenvalue weighted by molar-refractivity contribution is -0.158. The van der Waals surface area contributed by atoms with Crippen molar-refractivity contribution in [1.29, 1.82) is 0 Å². The summed E-state index contributed by atoms with van der Waals surface area (Å²) in [5, 5.41) is 15.7. The molecule has 3 amide bonds. The van der Waals surface area contributed by atoms with E-state index in [2.05, 4.69) is 20.6 Å². The predicted molar refractivity (Wildman–Crippen MR) is 151 cm³/mol. The molecular weight excluding hydrogens is 518 g/mol. The van der Waals surface area contributed by atoms with Crippen molar-refractivity contribution in [3.8, 4) is 0 Å². The van der Waals surface area contributed by atoms with Gasteiger partial charge in [0.2, 0.25) is 11.8 Å². The summed E-state index contributed by atoms with van der Waals surface area (Å²) in [6, 6.07) is 13.7. The molecule has 0 radical (unpaired) electrons. The van der Waals surface area contributed by atoms with Crippen LogP contribution in [0.5, 0.6) is 0 Å². The van der Waals surface area contributed by atoms with Gasteiger partial charge in [0.15, 0.2) is 0 Å². The van der Waals surface area contributed by atoms with E-state index in [1.54, 1.807) is 22.0 Å². The van der Waals surface area contributed by atoms with Gasteiger partial charge in [-0.1, -0.05) is 44.2 Å². The molecule has 2 saturated heterocycles. The van der Waals surface area contributed by atoms with E-state index >= 15 is 0 Å². The van der Waals surface area contributed by atoms with Gasteiger partial charge in [0.1, 0.15) is 0 Å². The average molecular weight is 556 g/mol. The third kappa shape index (κ3) is 5.35. The normalized spacial score (nSPS) is 19.7. The quantitative estimate of drug-likeness (QED) is 0.457. The van der Waals surface area contributed by atoms with E-state index in [9.17, 15) is 14.4 Å². The second kappa shape index (κ2) is 10.4. The highest BCUT2D eigenvalue weighted by molar-refractivity contribution is 5.95. The second-order valence-corrected chi connectivity index (χ2v) is 12.6. The van der Waals surface area contributed by atoms with Crippen LogP contribution in [0, 0.1) is 29.6 Å². The number of nitrogens with one attached hydrogen (secondary N) is 1. The highest BCUT2D eigenvalue weighted by atomic mass is 16.2. The van der Waals surface area contributed by atoms with Crippen LogP contribution in [0.1, 0.15) is 54.0 Å². The van der Waals surface area contributed by atoms with Crippen molar-refractivity contribution in [2.24, 2.45) is 22.7 Å². The highest BCUT2D eigenvalue weighted by Gasteiger charge is 2.60. The Morgan fingerprint density at radius 1 is 1.00 bits per heavy atom. The van der Waals surface area contributed by atoms with Gasteiger partial charge in [-0.2, -0.15) is 15.3 Å². The molecule has 10 heteroatoms. The van der Waals surface area contributed by atoms with Crippen molar-refractivity contribution in [3.05, 3.63) is 77.4 Å². The van der Waals surface area contributed by atoms with Crippen molar-refractivity contribution in [3.63, 3.8) is 0 Å². The Labute approximate surface area is 240 Å². The van der Waals surface area contributed by atoms with Gasteiger partial charge in [-0.05, 0) is 43.4 Å². The lowest BCUT2D eigenvalue weighted by atomic mass is 9.69. The number of aryl methyl sites for hydroxylation is 1. The number of carbonyl (C=O) groups is 3.